The first-order chi connectivity index (χ1) is 21.0. The highest BCUT2D eigenvalue weighted by molar-refractivity contribution is 7.92. The molecule has 0 spiro atoms. The summed E-state index contributed by atoms with van der Waals surface area (Å²) in [6, 6.07) is 10.2. The largest absolute Gasteiger partial charge is 0.494 e. The van der Waals surface area contributed by atoms with Crippen molar-refractivity contribution in [3.63, 3.8) is 0 Å². The van der Waals surface area contributed by atoms with Crippen LogP contribution in [0.3, 0.4) is 0 Å². The van der Waals surface area contributed by atoms with Crippen LogP contribution in [0.2, 0.25) is 0 Å². The number of carbonyl (C=O) groups is 1. The summed E-state index contributed by atoms with van der Waals surface area (Å²) >= 11 is 0. The third kappa shape index (κ3) is 9.39. The quantitative estimate of drug-likeness (QED) is 0.167. The number of aryl methyl sites for hydroxylation is 1. The molecule has 1 heterocycles. The lowest BCUT2D eigenvalue weighted by Crippen LogP contribution is -2.28. The molecule has 7 nitrogen and oxygen atoms in total. The predicted octanol–water partition coefficient (Wildman–Crippen LogP) is 7.05. The number of unbranched alkanes of at least 4 members (excludes halogenated alkanes) is 3. The summed E-state index contributed by atoms with van der Waals surface area (Å²) in [6.45, 7) is 0.752. The Morgan fingerprint density at radius 1 is 1.00 bits per heavy atom. The van der Waals surface area contributed by atoms with Crippen LogP contribution in [0.5, 0.6) is 5.75 Å². The molecule has 0 aliphatic rings. The Labute approximate surface area is 242 Å². The number of hydrogen-bond donors (Lipinski definition) is 1. The van der Waals surface area contributed by atoms with E-state index in [0.717, 1.165) is 31.9 Å². The van der Waals surface area contributed by atoms with Crippen molar-refractivity contribution in [1.29, 1.82) is 0 Å². The van der Waals surface area contributed by atoms with Gasteiger partial charge in [0.25, 0.3) is 0 Å². The summed E-state index contributed by atoms with van der Waals surface area (Å²) in [5.41, 5.74) is 1.24. The Bertz CT molecular complexity index is 1550. The normalized spacial score (nSPS) is 15.2. The first kappa shape index (κ1) is 22.9. The highest BCUT2D eigenvalue weighted by atomic mass is 32.2. The van der Waals surface area contributed by atoms with E-state index in [9.17, 15) is 13.2 Å². The lowest BCUT2D eigenvalue weighted by molar-refractivity contribution is 0.103. The maximum Gasteiger partial charge on any atom is 0.229 e. The van der Waals surface area contributed by atoms with Crippen LogP contribution >= 0.6 is 0 Å². The number of hydrogen-bond acceptors (Lipinski definition) is 6. The number of carbonyl (C=O) groups excluding carboxylic acids is 1. The van der Waals surface area contributed by atoms with Gasteiger partial charge in [-0.1, -0.05) is 40.0 Å². The van der Waals surface area contributed by atoms with Crippen LogP contribution in [0.1, 0.15) is 95.6 Å². The molecule has 0 aliphatic carbocycles. The highest BCUT2D eigenvalue weighted by Crippen LogP contribution is 2.32. The number of nitrogens with one attached hydrogen (secondary N) is 1. The molecule has 1 N–H and O–H groups in total. The van der Waals surface area contributed by atoms with Gasteiger partial charge in [-0.25, -0.2) is 8.42 Å². The molecule has 0 bridgehead atoms. The molecule has 0 amide bonds. The molecule has 0 radical (unpaired) electrons. The summed E-state index contributed by atoms with van der Waals surface area (Å²) in [7, 11) is -3.55. The minimum atomic E-state index is -3.55. The molecule has 2 aromatic carbocycles. The summed E-state index contributed by atoms with van der Waals surface area (Å²) in [5.74, 6) is 0.00371. The smallest absolute Gasteiger partial charge is 0.229 e. The molecule has 1 aromatic heterocycles. The zero-order valence-electron chi connectivity index (χ0n) is 29.3. The maximum atomic E-state index is 13.8. The monoisotopic (exact) mass is 562 g/mol. The van der Waals surface area contributed by atoms with Gasteiger partial charge in [0.2, 0.25) is 10.0 Å². The molecule has 39 heavy (non-hydrogen) atoms. The number of anilines is 1. The van der Waals surface area contributed by atoms with Crippen molar-refractivity contribution in [3.05, 3.63) is 59.4 Å². The fourth-order valence-corrected chi connectivity index (χ4v) is 4.67. The van der Waals surface area contributed by atoms with Crippen LogP contribution in [0.4, 0.5) is 5.69 Å². The first-order valence-corrected chi connectivity index (χ1v) is 15.5. The number of ketones is 1. The minimum absolute atomic E-state index is 0.0761. The summed E-state index contributed by atoms with van der Waals surface area (Å²) in [5, 5.41) is 0.447. The standard InChI is InChI=1S/C31H44N2O5S/c1-5-8-12-29-30(27-23-25(32-39(4,35)36)15-18-28(27)38-29)31(34)24-13-16-26(17-14-24)37-22-11-21-33(19-9-6-2)20-10-7-3/h13-18,23,32H,5-12,19-22H2,1-4H3/i11D2,21D2,22D2. The second kappa shape index (κ2) is 15.1. The number of fused-ring (bicyclic) bond motifs is 1. The summed E-state index contributed by atoms with van der Waals surface area (Å²) < 4.78 is 88.8. The van der Waals surface area contributed by atoms with E-state index in [1.807, 2.05) is 20.8 Å². The van der Waals surface area contributed by atoms with Crippen LogP contribution < -0.4 is 9.46 Å². The third-order valence-corrected chi connectivity index (χ3v) is 6.77. The van der Waals surface area contributed by atoms with Gasteiger partial charge in [-0.15, -0.1) is 0 Å². The molecule has 0 fully saturated rings. The average Bonchev–Trinajstić information content (AvgIpc) is 3.32. The lowest BCUT2D eigenvalue weighted by Gasteiger charge is -2.21. The van der Waals surface area contributed by atoms with Crippen LogP contribution in [-0.4, -0.2) is 51.5 Å². The van der Waals surface area contributed by atoms with Gasteiger partial charge in [0.15, 0.2) is 5.78 Å². The second-order valence-corrected chi connectivity index (χ2v) is 11.3. The zero-order valence-corrected chi connectivity index (χ0v) is 24.1. The van der Waals surface area contributed by atoms with E-state index < -0.39 is 29.5 Å². The van der Waals surface area contributed by atoms with E-state index in [-0.39, 0.29) is 35.9 Å². The predicted molar refractivity (Wildman–Crippen MR) is 160 cm³/mol. The van der Waals surface area contributed by atoms with Gasteiger partial charge in [0.05, 0.1) is 21.1 Å². The van der Waals surface area contributed by atoms with E-state index in [1.54, 1.807) is 18.2 Å². The molecule has 0 unspecified atom stereocenters. The van der Waals surface area contributed by atoms with Gasteiger partial charge in [-0.3, -0.25) is 9.52 Å². The molecular weight excluding hydrogens is 512 g/mol. The van der Waals surface area contributed by atoms with Crippen LogP contribution in [-0.2, 0) is 16.4 Å². The van der Waals surface area contributed by atoms with Crippen molar-refractivity contribution in [2.24, 2.45) is 0 Å². The van der Waals surface area contributed by atoms with Crippen molar-refractivity contribution in [1.82, 2.24) is 4.90 Å². The fraction of sp³-hybridized carbons (Fsp3) is 0.516. The Morgan fingerprint density at radius 2 is 1.67 bits per heavy atom. The molecular formula is C31H44N2O5S. The van der Waals surface area contributed by atoms with E-state index in [2.05, 4.69) is 4.72 Å². The number of nitrogens with zero attached hydrogens (tertiary/aromatic N) is 1. The van der Waals surface area contributed by atoms with Crippen molar-refractivity contribution in [3.8, 4) is 5.75 Å². The summed E-state index contributed by atoms with van der Waals surface area (Å²) in [4.78, 5) is 15.2. The molecule has 0 saturated carbocycles. The summed E-state index contributed by atoms with van der Waals surface area (Å²) in [6.07, 6.45) is 2.93. The van der Waals surface area contributed by atoms with Crippen LogP contribution in [0, 0.1) is 0 Å². The van der Waals surface area contributed by atoms with E-state index >= 15 is 0 Å². The molecule has 0 atom stereocenters. The number of rotatable bonds is 18. The molecule has 0 aliphatic heterocycles. The third-order valence-electron chi connectivity index (χ3n) is 6.16. The maximum absolute atomic E-state index is 13.8. The molecule has 3 rings (SSSR count). The Kier molecular flexibility index (Phi) is 8.86. The van der Waals surface area contributed by atoms with Gasteiger partial charge >= 0.3 is 0 Å². The topological polar surface area (TPSA) is 88.8 Å². The van der Waals surface area contributed by atoms with Crippen LogP contribution in [0.25, 0.3) is 11.0 Å². The van der Waals surface area contributed by atoms with Crippen molar-refractivity contribution >= 4 is 32.5 Å². The van der Waals surface area contributed by atoms with E-state index in [0.29, 0.717) is 41.6 Å². The van der Waals surface area contributed by atoms with Gasteiger partial charge in [-0.05, 0) is 81.2 Å². The zero-order chi connectivity index (χ0) is 33.6. The first-order valence-electron chi connectivity index (χ1n) is 16.6. The SMILES string of the molecule is [2H]C([2H])(Oc1ccc(C(=O)c2c(CCCC)oc3ccc(NS(C)(=O)=O)cc23)cc1)C([2H])([2H])C([2H])([2H])N(CCCC)CCCC. The number of ether oxygens (including phenoxy) is 1. The van der Waals surface area contributed by atoms with E-state index in [1.165, 1.54) is 29.2 Å². The number of sulfonamides is 1. The van der Waals surface area contributed by atoms with Crippen molar-refractivity contribution in [2.75, 3.05) is 37.1 Å². The molecule has 0 saturated heterocycles. The Morgan fingerprint density at radius 3 is 2.28 bits per heavy atom. The van der Waals surface area contributed by atoms with Crippen LogP contribution in [0.15, 0.2) is 46.9 Å². The van der Waals surface area contributed by atoms with Crippen molar-refractivity contribution < 1.29 is 30.6 Å². The lowest BCUT2D eigenvalue weighted by atomic mass is 9.98. The molecule has 214 valence electrons. The number of benzene rings is 2. The Balaban J connectivity index is 1.92. The Hall–Kier alpha value is -2.84. The van der Waals surface area contributed by atoms with Gasteiger partial charge in [0, 0.05) is 35.0 Å². The van der Waals surface area contributed by atoms with E-state index in [4.69, 9.17) is 17.4 Å². The fourth-order valence-electron chi connectivity index (χ4n) is 4.11. The van der Waals surface area contributed by atoms with Gasteiger partial charge in [-0.2, -0.15) is 0 Å². The van der Waals surface area contributed by atoms with Crippen molar-refractivity contribution in [2.45, 2.75) is 72.1 Å². The molecule has 8 heteroatoms. The highest BCUT2D eigenvalue weighted by Gasteiger charge is 2.22. The van der Waals surface area contributed by atoms with Gasteiger partial charge < -0.3 is 14.1 Å². The molecule has 3 aromatic rings. The average molecular weight is 563 g/mol. The second-order valence-electron chi connectivity index (χ2n) is 9.58. The minimum Gasteiger partial charge on any atom is -0.494 e. The number of furan rings is 1. The van der Waals surface area contributed by atoms with Gasteiger partial charge in [0.1, 0.15) is 17.1 Å².